The monoisotopic (exact) mass is 276 g/mol. The molecule has 6 heteroatoms. The summed E-state index contributed by atoms with van der Waals surface area (Å²) < 4.78 is 4.89. The number of nitrogens with one attached hydrogen (secondary N) is 2. The minimum atomic E-state index is -0.449. The lowest BCUT2D eigenvalue weighted by atomic mass is 10.2. The van der Waals surface area contributed by atoms with E-state index < -0.39 is 5.97 Å². The molecule has 0 heterocycles. The predicted octanol–water partition coefficient (Wildman–Crippen LogP) is 0.644. The van der Waals surface area contributed by atoms with Crippen LogP contribution in [0.5, 0.6) is 5.75 Å². The molecule has 0 aliphatic heterocycles. The van der Waals surface area contributed by atoms with Crippen LogP contribution in [0.2, 0.25) is 0 Å². The first-order valence-corrected chi connectivity index (χ1v) is 6.00. The van der Waals surface area contributed by atoms with Gasteiger partial charge in [-0.25, -0.2) is 0 Å². The fraction of sp³-hybridized carbons (Fsp3) is 0.214. The van der Waals surface area contributed by atoms with E-state index in [0.29, 0.717) is 17.9 Å². The number of hydrogen-bond acceptors (Lipinski definition) is 4. The van der Waals surface area contributed by atoms with Crippen molar-refractivity contribution in [1.82, 2.24) is 10.6 Å². The van der Waals surface area contributed by atoms with Crippen LogP contribution >= 0.6 is 0 Å². The van der Waals surface area contributed by atoms with E-state index in [-0.39, 0.29) is 18.4 Å². The maximum absolute atomic E-state index is 11.8. The van der Waals surface area contributed by atoms with Gasteiger partial charge >= 0.3 is 5.97 Å². The van der Waals surface area contributed by atoms with Gasteiger partial charge in [-0.3, -0.25) is 14.4 Å². The number of ether oxygens (including phenoxy) is 1. The number of amides is 2. The number of carbonyl (C=O) groups is 3. The van der Waals surface area contributed by atoms with Crippen molar-refractivity contribution >= 4 is 17.8 Å². The molecule has 1 aromatic carbocycles. The molecule has 0 bridgehead atoms. The van der Waals surface area contributed by atoms with Crippen molar-refractivity contribution < 1.29 is 19.1 Å². The standard InChI is InChI=1S/C14H16N2O4/c1-3-13(18)15-7-8-16-14(19)11-5-4-6-12(9-11)20-10(2)17/h3-6,9H,1,7-8H2,2H3,(H,15,18)(H,16,19). The first-order valence-electron chi connectivity index (χ1n) is 6.00. The molecule has 20 heavy (non-hydrogen) atoms. The van der Waals surface area contributed by atoms with Crippen LogP contribution in [0.15, 0.2) is 36.9 Å². The van der Waals surface area contributed by atoms with Crippen LogP contribution < -0.4 is 15.4 Å². The zero-order valence-electron chi connectivity index (χ0n) is 11.1. The van der Waals surface area contributed by atoms with E-state index in [0.717, 1.165) is 6.08 Å². The fourth-order valence-electron chi connectivity index (χ4n) is 1.40. The predicted molar refractivity (Wildman–Crippen MR) is 73.3 cm³/mol. The largest absolute Gasteiger partial charge is 0.427 e. The summed E-state index contributed by atoms with van der Waals surface area (Å²) in [4.78, 5) is 33.5. The molecular weight excluding hydrogens is 260 g/mol. The van der Waals surface area contributed by atoms with Gasteiger partial charge in [-0.05, 0) is 24.3 Å². The van der Waals surface area contributed by atoms with E-state index in [1.807, 2.05) is 0 Å². The van der Waals surface area contributed by atoms with Crippen molar-refractivity contribution in [3.8, 4) is 5.75 Å². The van der Waals surface area contributed by atoms with Crippen molar-refractivity contribution in [2.24, 2.45) is 0 Å². The number of hydrogen-bond donors (Lipinski definition) is 2. The summed E-state index contributed by atoms with van der Waals surface area (Å²) in [5, 5.41) is 5.17. The van der Waals surface area contributed by atoms with Crippen LogP contribution in [0, 0.1) is 0 Å². The first kappa shape index (κ1) is 15.4. The molecule has 1 aromatic rings. The molecule has 0 saturated carbocycles. The molecule has 2 N–H and O–H groups in total. The van der Waals surface area contributed by atoms with E-state index in [2.05, 4.69) is 17.2 Å². The summed E-state index contributed by atoms with van der Waals surface area (Å²) in [5.74, 6) is -0.747. The third-order valence-electron chi connectivity index (χ3n) is 2.25. The van der Waals surface area contributed by atoms with E-state index >= 15 is 0 Å². The Morgan fingerprint density at radius 2 is 1.95 bits per heavy atom. The Hall–Kier alpha value is -2.63. The number of esters is 1. The summed E-state index contributed by atoms with van der Waals surface area (Å²) in [6, 6.07) is 6.28. The molecular formula is C14H16N2O4. The summed E-state index contributed by atoms with van der Waals surface area (Å²) in [6.45, 7) is 5.19. The van der Waals surface area contributed by atoms with E-state index in [1.165, 1.54) is 13.0 Å². The van der Waals surface area contributed by atoms with Crippen LogP contribution in [0.25, 0.3) is 0 Å². The fourth-order valence-corrected chi connectivity index (χ4v) is 1.40. The molecule has 0 aliphatic rings. The van der Waals surface area contributed by atoms with Crippen LogP contribution in [0.3, 0.4) is 0 Å². The van der Waals surface area contributed by atoms with Gasteiger partial charge in [0.05, 0.1) is 0 Å². The van der Waals surface area contributed by atoms with Gasteiger partial charge in [-0.2, -0.15) is 0 Å². The Morgan fingerprint density at radius 1 is 1.25 bits per heavy atom. The highest BCUT2D eigenvalue weighted by Crippen LogP contribution is 2.13. The van der Waals surface area contributed by atoms with Gasteiger partial charge in [-0.15, -0.1) is 0 Å². The van der Waals surface area contributed by atoms with Gasteiger partial charge in [0.15, 0.2) is 0 Å². The smallest absolute Gasteiger partial charge is 0.308 e. The van der Waals surface area contributed by atoms with Crippen LogP contribution in [-0.2, 0) is 9.59 Å². The third-order valence-corrected chi connectivity index (χ3v) is 2.25. The van der Waals surface area contributed by atoms with E-state index in [4.69, 9.17) is 4.74 Å². The van der Waals surface area contributed by atoms with E-state index in [1.54, 1.807) is 18.2 Å². The highest BCUT2D eigenvalue weighted by Gasteiger charge is 2.07. The lowest BCUT2D eigenvalue weighted by molar-refractivity contribution is -0.131. The van der Waals surface area contributed by atoms with Gasteiger partial charge in [-0.1, -0.05) is 12.6 Å². The Morgan fingerprint density at radius 3 is 2.60 bits per heavy atom. The molecule has 0 radical (unpaired) electrons. The lowest BCUT2D eigenvalue weighted by Gasteiger charge is -2.07. The molecule has 0 atom stereocenters. The molecule has 2 amide bonds. The number of rotatable bonds is 6. The lowest BCUT2D eigenvalue weighted by Crippen LogP contribution is -2.33. The molecule has 0 aromatic heterocycles. The van der Waals surface area contributed by atoms with E-state index in [9.17, 15) is 14.4 Å². The highest BCUT2D eigenvalue weighted by molar-refractivity contribution is 5.94. The van der Waals surface area contributed by atoms with Crippen molar-refractivity contribution in [2.75, 3.05) is 13.1 Å². The molecule has 106 valence electrons. The van der Waals surface area contributed by atoms with Gasteiger partial charge < -0.3 is 15.4 Å². The second-order valence-electron chi connectivity index (χ2n) is 3.87. The van der Waals surface area contributed by atoms with Crippen molar-refractivity contribution in [2.45, 2.75) is 6.92 Å². The normalized spacial score (nSPS) is 9.45. The van der Waals surface area contributed by atoms with Gasteiger partial charge in [0.2, 0.25) is 5.91 Å². The average molecular weight is 276 g/mol. The maximum Gasteiger partial charge on any atom is 0.308 e. The molecule has 0 fully saturated rings. The zero-order valence-corrected chi connectivity index (χ0v) is 11.1. The Labute approximate surface area is 116 Å². The minimum absolute atomic E-state index is 0.288. The van der Waals surface area contributed by atoms with Crippen LogP contribution in [-0.4, -0.2) is 30.9 Å². The highest BCUT2D eigenvalue weighted by atomic mass is 16.5. The second kappa shape index (κ2) is 7.73. The minimum Gasteiger partial charge on any atom is -0.427 e. The molecule has 0 unspecified atom stereocenters. The zero-order chi connectivity index (χ0) is 15.0. The molecule has 0 aliphatic carbocycles. The summed E-state index contributed by atoms with van der Waals surface area (Å²) >= 11 is 0. The summed E-state index contributed by atoms with van der Waals surface area (Å²) in [6.07, 6.45) is 1.16. The van der Waals surface area contributed by atoms with Crippen LogP contribution in [0.4, 0.5) is 0 Å². The summed E-state index contributed by atoms with van der Waals surface area (Å²) in [7, 11) is 0. The van der Waals surface area contributed by atoms with Gasteiger partial charge in [0.1, 0.15) is 5.75 Å². The van der Waals surface area contributed by atoms with Gasteiger partial charge in [0.25, 0.3) is 5.91 Å². The molecule has 6 nitrogen and oxygen atoms in total. The maximum atomic E-state index is 11.8. The second-order valence-corrected chi connectivity index (χ2v) is 3.87. The Bertz CT molecular complexity index is 526. The number of benzene rings is 1. The number of carbonyl (C=O) groups excluding carboxylic acids is 3. The Kier molecular flexibility index (Phi) is 5.96. The van der Waals surface area contributed by atoms with Crippen molar-refractivity contribution in [3.05, 3.63) is 42.5 Å². The average Bonchev–Trinajstić information content (AvgIpc) is 2.42. The topological polar surface area (TPSA) is 84.5 Å². The Balaban J connectivity index is 2.48. The SMILES string of the molecule is C=CC(=O)NCCNC(=O)c1cccc(OC(C)=O)c1. The molecule has 0 spiro atoms. The third kappa shape index (κ3) is 5.34. The van der Waals surface area contributed by atoms with Gasteiger partial charge in [0, 0.05) is 25.6 Å². The van der Waals surface area contributed by atoms with Crippen molar-refractivity contribution in [3.63, 3.8) is 0 Å². The summed E-state index contributed by atoms with van der Waals surface area (Å²) in [5.41, 5.74) is 0.374. The van der Waals surface area contributed by atoms with Crippen molar-refractivity contribution in [1.29, 1.82) is 0 Å². The molecule has 0 saturated heterocycles. The first-order chi connectivity index (χ1) is 9.52. The molecule has 1 rings (SSSR count). The van der Waals surface area contributed by atoms with Crippen LogP contribution in [0.1, 0.15) is 17.3 Å². The quantitative estimate of drug-likeness (QED) is 0.346.